The summed E-state index contributed by atoms with van der Waals surface area (Å²) in [4.78, 5) is 23.1. The maximum atomic E-state index is 11.6. The van der Waals surface area contributed by atoms with Crippen molar-refractivity contribution >= 4 is 17.5 Å². The van der Waals surface area contributed by atoms with Crippen molar-refractivity contribution in [2.45, 2.75) is 39.5 Å². The highest BCUT2D eigenvalue weighted by atomic mass is 16.5. The number of carbonyl (C=O) groups is 2. The lowest BCUT2D eigenvalue weighted by Gasteiger charge is -2.16. The van der Waals surface area contributed by atoms with Gasteiger partial charge in [0.1, 0.15) is 5.76 Å². The van der Waals surface area contributed by atoms with Crippen molar-refractivity contribution in [2.24, 2.45) is 0 Å². The Hall–Kier alpha value is -2.88. The van der Waals surface area contributed by atoms with E-state index in [4.69, 9.17) is 9.47 Å². The van der Waals surface area contributed by atoms with Crippen LogP contribution >= 0.6 is 0 Å². The molecule has 0 N–H and O–H groups in total. The Bertz CT molecular complexity index is 809. The summed E-state index contributed by atoms with van der Waals surface area (Å²) in [7, 11) is 0. The first-order valence-electron chi connectivity index (χ1n) is 8.98. The molecule has 1 aromatic rings. The van der Waals surface area contributed by atoms with Gasteiger partial charge in [0.25, 0.3) is 0 Å². The molecule has 0 fully saturated rings. The predicted octanol–water partition coefficient (Wildman–Crippen LogP) is 5.09. The van der Waals surface area contributed by atoms with E-state index in [1.807, 2.05) is 19.1 Å². The molecule has 0 saturated heterocycles. The Morgan fingerprint density at radius 3 is 2.15 bits per heavy atom. The summed E-state index contributed by atoms with van der Waals surface area (Å²) in [5.74, 6) is 0.0246. The third kappa shape index (κ3) is 5.81. The second-order valence-corrected chi connectivity index (χ2v) is 6.90. The van der Waals surface area contributed by atoms with E-state index in [0.717, 1.165) is 17.5 Å². The predicted molar refractivity (Wildman–Crippen MR) is 107 cm³/mol. The molecule has 1 aliphatic rings. The van der Waals surface area contributed by atoms with Gasteiger partial charge < -0.3 is 9.47 Å². The summed E-state index contributed by atoms with van der Waals surface area (Å²) in [5, 5.41) is 0. The van der Waals surface area contributed by atoms with Gasteiger partial charge >= 0.3 is 11.9 Å². The Morgan fingerprint density at radius 2 is 1.63 bits per heavy atom. The van der Waals surface area contributed by atoms with Gasteiger partial charge in [-0.25, -0.2) is 9.59 Å². The van der Waals surface area contributed by atoms with Crippen LogP contribution in [-0.4, -0.2) is 18.5 Å². The van der Waals surface area contributed by atoms with Crippen LogP contribution in [0.15, 0.2) is 66.5 Å². The van der Waals surface area contributed by atoms with Crippen molar-refractivity contribution < 1.29 is 19.1 Å². The van der Waals surface area contributed by atoms with Crippen molar-refractivity contribution in [3.05, 3.63) is 77.6 Å². The lowest BCUT2D eigenvalue weighted by Crippen LogP contribution is -2.11. The Kier molecular flexibility index (Phi) is 6.94. The molecule has 27 heavy (non-hydrogen) atoms. The molecule has 0 aromatic heterocycles. The van der Waals surface area contributed by atoms with E-state index in [1.54, 1.807) is 13.8 Å². The van der Waals surface area contributed by atoms with Gasteiger partial charge in [-0.1, -0.05) is 50.4 Å². The van der Waals surface area contributed by atoms with E-state index in [0.29, 0.717) is 29.9 Å². The van der Waals surface area contributed by atoms with Gasteiger partial charge in [-0.2, -0.15) is 0 Å². The van der Waals surface area contributed by atoms with E-state index in [9.17, 15) is 9.59 Å². The van der Waals surface area contributed by atoms with Gasteiger partial charge in [0.2, 0.25) is 0 Å². The molecule has 0 radical (unpaired) electrons. The van der Waals surface area contributed by atoms with Gasteiger partial charge in [-0.05, 0) is 43.0 Å². The van der Waals surface area contributed by atoms with Crippen molar-refractivity contribution in [1.29, 1.82) is 0 Å². The minimum atomic E-state index is -0.385. The topological polar surface area (TPSA) is 52.6 Å². The molecule has 1 unspecified atom stereocenters. The fourth-order valence-electron chi connectivity index (χ4n) is 2.60. The Morgan fingerprint density at radius 1 is 1.00 bits per heavy atom. The highest BCUT2D eigenvalue weighted by Gasteiger charge is 2.14. The van der Waals surface area contributed by atoms with Crippen molar-refractivity contribution in [3.8, 4) is 0 Å². The lowest BCUT2D eigenvalue weighted by atomic mass is 9.93. The van der Waals surface area contributed by atoms with Gasteiger partial charge in [0, 0.05) is 23.5 Å². The summed E-state index contributed by atoms with van der Waals surface area (Å²) >= 11 is 0. The van der Waals surface area contributed by atoms with Crippen LogP contribution in [0.3, 0.4) is 0 Å². The molecule has 0 saturated carbocycles. The molecular weight excluding hydrogens is 340 g/mol. The molecular formula is C23H26O4. The largest absolute Gasteiger partial charge is 0.462 e. The molecule has 1 aromatic carbocycles. The summed E-state index contributed by atoms with van der Waals surface area (Å²) in [6, 6.07) is 8.24. The summed E-state index contributed by atoms with van der Waals surface area (Å²) in [6.45, 7) is 12.8. The van der Waals surface area contributed by atoms with Crippen molar-refractivity contribution in [2.75, 3.05) is 6.61 Å². The van der Waals surface area contributed by atoms with Crippen molar-refractivity contribution in [1.82, 2.24) is 0 Å². The molecule has 0 spiro atoms. The maximum absolute atomic E-state index is 11.6. The van der Waals surface area contributed by atoms with Gasteiger partial charge in [-0.3, -0.25) is 0 Å². The van der Waals surface area contributed by atoms with Crippen LogP contribution in [0.25, 0.3) is 5.57 Å². The van der Waals surface area contributed by atoms with Crippen LogP contribution in [0.2, 0.25) is 0 Å². The lowest BCUT2D eigenvalue weighted by molar-refractivity contribution is -0.139. The van der Waals surface area contributed by atoms with E-state index in [-0.39, 0.29) is 17.9 Å². The second-order valence-electron chi connectivity index (χ2n) is 6.90. The standard InChI is InChI=1S/C23H26O4/c1-15(2)22(24)26-14-17(5)18-6-8-19(9-7-18)20-10-12-21(13-11-20)27-23(25)16(3)4/h6-10,12,17H,1,3,11,13-14H2,2,4-5H3. The fourth-order valence-corrected chi connectivity index (χ4v) is 2.60. The molecule has 1 atom stereocenters. The third-order valence-corrected chi connectivity index (χ3v) is 4.35. The number of hydrogen-bond donors (Lipinski definition) is 0. The number of benzene rings is 1. The average molecular weight is 366 g/mol. The highest BCUT2D eigenvalue weighted by Crippen LogP contribution is 2.28. The van der Waals surface area contributed by atoms with Gasteiger partial charge in [0.05, 0.1) is 6.61 Å². The Labute approximate surface area is 160 Å². The number of allylic oxidation sites excluding steroid dienone is 4. The zero-order valence-corrected chi connectivity index (χ0v) is 16.2. The molecule has 2 rings (SSSR count). The molecule has 1 aliphatic carbocycles. The Balaban J connectivity index is 1.99. The van der Waals surface area contributed by atoms with Gasteiger partial charge in [0.15, 0.2) is 0 Å². The first kappa shape index (κ1) is 20.4. The number of hydrogen-bond acceptors (Lipinski definition) is 4. The molecule has 0 heterocycles. The third-order valence-electron chi connectivity index (χ3n) is 4.35. The van der Waals surface area contributed by atoms with Crippen LogP contribution in [0.5, 0.6) is 0 Å². The average Bonchev–Trinajstić information content (AvgIpc) is 2.66. The van der Waals surface area contributed by atoms with E-state index < -0.39 is 0 Å². The normalized spacial score (nSPS) is 14.5. The maximum Gasteiger partial charge on any atom is 0.338 e. The monoisotopic (exact) mass is 366 g/mol. The molecule has 142 valence electrons. The minimum absolute atomic E-state index is 0.107. The quantitative estimate of drug-likeness (QED) is 0.498. The smallest absolute Gasteiger partial charge is 0.338 e. The molecule has 0 aliphatic heterocycles. The molecule has 0 bridgehead atoms. The zero-order valence-electron chi connectivity index (χ0n) is 16.2. The second kappa shape index (κ2) is 9.17. The van der Waals surface area contributed by atoms with E-state index in [2.05, 4.69) is 37.4 Å². The zero-order chi connectivity index (χ0) is 20.0. The summed E-state index contributed by atoms with van der Waals surface area (Å²) < 4.78 is 10.5. The number of carbonyl (C=O) groups excluding carboxylic acids is 2. The molecule has 0 amide bonds. The van der Waals surface area contributed by atoms with E-state index >= 15 is 0 Å². The minimum Gasteiger partial charge on any atom is -0.462 e. The summed E-state index contributed by atoms with van der Waals surface area (Å²) in [6.07, 6.45) is 5.31. The SMILES string of the molecule is C=C(C)C(=O)OCC(C)c1ccc(C2=CC=C(OC(=O)C(=C)C)CC2)cc1. The first-order chi connectivity index (χ1) is 12.8. The number of esters is 2. The van der Waals surface area contributed by atoms with Crippen LogP contribution in [0.4, 0.5) is 0 Å². The fraction of sp³-hybridized carbons (Fsp3) is 0.304. The van der Waals surface area contributed by atoms with Crippen LogP contribution in [0, 0.1) is 0 Å². The number of ether oxygens (including phenoxy) is 2. The first-order valence-corrected chi connectivity index (χ1v) is 8.98. The van der Waals surface area contributed by atoms with Crippen molar-refractivity contribution in [3.63, 3.8) is 0 Å². The molecule has 4 nitrogen and oxygen atoms in total. The van der Waals surface area contributed by atoms with Gasteiger partial charge in [-0.15, -0.1) is 0 Å². The van der Waals surface area contributed by atoms with Crippen LogP contribution < -0.4 is 0 Å². The van der Waals surface area contributed by atoms with Crippen LogP contribution in [0.1, 0.15) is 50.7 Å². The van der Waals surface area contributed by atoms with Crippen LogP contribution in [-0.2, 0) is 19.1 Å². The number of rotatable bonds is 7. The highest BCUT2D eigenvalue weighted by molar-refractivity contribution is 5.88. The summed E-state index contributed by atoms with van der Waals surface area (Å²) in [5.41, 5.74) is 4.23. The van der Waals surface area contributed by atoms with E-state index in [1.165, 1.54) is 5.57 Å². The molecule has 4 heteroatoms.